The van der Waals surface area contributed by atoms with Gasteiger partial charge in [0, 0.05) is 6.07 Å². The van der Waals surface area contributed by atoms with Crippen LogP contribution in [0.4, 0.5) is 23.2 Å². The Morgan fingerprint density at radius 1 is 1.35 bits per heavy atom. The molecule has 0 radical (unpaired) electrons. The molecule has 0 aliphatic carbocycles. The normalized spacial score (nSPS) is 11.3. The zero-order valence-corrected chi connectivity index (χ0v) is 7.79. The van der Waals surface area contributed by atoms with Gasteiger partial charge in [-0.1, -0.05) is 0 Å². The van der Waals surface area contributed by atoms with E-state index in [2.05, 4.69) is 0 Å². The van der Waals surface area contributed by atoms with Crippen molar-refractivity contribution in [1.82, 2.24) is 0 Å². The molecule has 0 saturated heterocycles. The van der Waals surface area contributed by atoms with Crippen molar-refractivity contribution in [2.24, 2.45) is 0 Å². The maximum Gasteiger partial charge on any atom is 0.423 e. The van der Waals surface area contributed by atoms with Crippen LogP contribution in [-0.4, -0.2) is 16.0 Å². The zero-order valence-electron chi connectivity index (χ0n) is 7.79. The van der Waals surface area contributed by atoms with E-state index in [1.807, 2.05) is 0 Å². The number of benzene rings is 1. The van der Waals surface area contributed by atoms with E-state index in [-0.39, 0.29) is 6.07 Å². The minimum absolute atomic E-state index is 0.268. The Morgan fingerprint density at radius 2 is 1.88 bits per heavy atom. The number of hydrogen-bond acceptors (Lipinski definition) is 3. The van der Waals surface area contributed by atoms with Crippen LogP contribution >= 0.6 is 0 Å². The second-order valence-corrected chi connectivity index (χ2v) is 2.88. The molecule has 0 amide bonds. The van der Waals surface area contributed by atoms with E-state index in [0.717, 1.165) is 0 Å². The highest BCUT2D eigenvalue weighted by molar-refractivity contribution is 5.91. The molecule has 0 heterocycles. The average molecular weight is 253 g/mol. The van der Waals surface area contributed by atoms with E-state index >= 15 is 0 Å². The quantitative estimate of drug-likeness (QED) is 0.498. The first-order valence-electron chi connectivity index (χ1n) is 3.93. The first-order valence-corrected chi connectivity index (χ1v) is 3.93. The van der Waals surface area contributed by atoms with Gasteiger partial charge in [-0.2, -0.15) is 13.2 Å². The van der Waals surface area contributed by atoms with Crippen LogP contribution in [0.25, 0.3) is 0 Å². The summed E-state index contributed by atoms with van der Waals surface area (Å²) >= 11 is 0. The summed E-state index contributed by atoms with van der Waals surface area (Å²) in [5.74, 6) is -3.91. The average Bonchev–Trinajstić information content (AvgIpc) is 2.14. The smallest absolute Gasteiger partial charge is 0.423 e. The largest absolute Gasteiger partial charge is 0.478 e. The maximum atomic E-state index is 13.0. The van der Waals surface area contributed by atoms with Crippen LogP contribution in [0.15, 0.2) is 12.1 Å². The first-order chi connectivity index (χ1) is 7.66. The van der Waals surface area contributed by atoms with Gasteiger partial charge in [0.15, 0.2) is 5.56 Å². The van der Waals surface area contributed by atoms with Gasteiger partial charge >= 0.3 is 12.1 Å². The SMILES string of the molecule is O=C(O)c1c(F)ccc([N+](=O)[O-])c1C(F)(F)F. The van der Waals surface area contributed by atoms with Gasteiger partial charge in [-0.15, -0.1) is 0 Å². The minimum Gasteiger partial charge on any atom is -0.478 e. The summed E-state index contributed by atoms with van der Waals surface area (Å²) in [4.78, 5) is 19.4. The van der Waals surface area contributed by atoms with E-state index in [4.69, 9.17) is 5.11 Å². The van der Waals surface area contributed by atoms with Gasteiger partial charge in [0.05, 0.1) is 4.92 Å². The zero-order chi connectivity index (χ0) is 13.4. The van der Waals surface area contributed by atoms with Crippen molar-refractivity contribution in [3.63, 3.8) is 0 Å². The van der Waals surface area contributed by atoms with Gasteiger partial charge in [-0.3, -0.25) is 10.1 Å². The molecule has 17 heavy (non-hydrogen) atoms. The lowest BCUT2D eigenvalue weighted by molar-refractivity contribution is -0.388. The summed E-state index contributed by atoms with van der Waals surface area (Å²) in [7, 11) is 0. The number of rotatable bonds is 2. The van der Waals surface area contributed by atoms with E-state index in [9.17, 15) is 32.5 Å². The van der Waals surface area contributed by atoms with Crippen LogP contribution < -0.4 is 0 Å². The molecule has 0 aliphatic rings. The number of carboxylic acids is 1. The molecule has 1 aromatic rings. The predicted molar refractivity (Wildman–Crippen MR) is 45.0 cm³/mol. The summed E-state index contributed by atoms with van der Waals surface area (Å²) in [6.45, 7) is 0. The van der Waals surface area contributed by atoms with Crippen LogP contribution in [-0.2, 0) is 6.18 Å². The van der Waals surface area contributed by atoms with E-state index in [1.165, 1.54) is 0 Å². The monoisotopic (exact) mass is 253 g/mol. The second kappa shape index (κ2) is 4.00. The molecule has 0 spiro atoms. The van der Waals surface area contributed by atoms with Crippen LogP contribution in [0.2, 0.25) is 0 Å². The lowest BCUT2D eigenvalue weighted by Gasteiger charge is -2.10. The van der Waals surface area contributed by atoms with Gasteiger partial charge < -0.3 is 5.11 Å². The Balaban J connectivity index is 3.75. The molecule has 5 nitrogen and oxygen atoms in total. The van der Waals surface area contributed by atoms with Crippen molar-refractivity contribution in [2.75, 3.05) is 0 Å². The number of aromatic carboxylic acids is 1. The Morgan fingerprint density at radius 3 is 2.24 bits per heavy atom. The molecular formula is C8H3F4NO4. The molecule has 0 bridgehead atoms. The second-order valence-electron chi connectivity index (χ2n) is 2.88. The molecule has 0 aliphatic heterocycles. The number of nitro benzene ring substituents is 1. The van der Waals surface area contributed by atoms with E-state index in [0.29, 0.717) is 6.07 Å². The number of halogens is 4. The molecule has 92 valence electrons. The van der Waals surface area contributed by atoms with Crippen molar-refractivity contribution in [3.8, 4) is 0 Å². The highest BCUT2D eigenvalue weighted by atomic mass is 19.4. The third-order valence-corrected chi connectivity index (χ3v) is 1.83. The van der Waals surface area contributed by atoms with Crippen LogP contribution in [0.3, 0.4) is 0 Å². The molecule has 1 N–H and O–H groups in total. The van der Waals surface area contributed by atoms with Crippen LogP contribution in [0, 0.1) is 15.9 Å². The third-order valence-electron chi connectivity index (χ3n) is 1.83. The Bertz CT molecular complexity index is 497. The molecule has 0 atom stereocenters. The van der Waals surface area contributed by atoms with E-state index < -0.39 is 39.7 Å². The lowest BCUT2D eigenvalue weighted by Crippen LogP contribution is -2.17. The summed E-state index contributed by atoms with van der Waals surface area (Å²) in [5, 5.41) is 18.8. The molecule has 1 rings (SSSR count). The molecule has 0 saturated carbocycles. The molecular weight excluding hydrogens is 250 g/mol. The van der Waals surface area contributed by atoms with Gasteiger partial charge in [0.2, 0.25) is 0 Å². The van der Waals surface area contributed by atoms with Gasteiger partial charge in [-0.25, -0.2) is 9.18 Å². The summed E-state index contributed by atoms with van der Waals surface area (Å²) < 4.78 is 50.4. The van der Waals surface area contributed by atoms with Crippen molar-refractivity contribution < 1.29 is 32.4 Å². The summed E-state index contributed by atoms with van der Waals surface area (Å²) in [5.41, 5.74) is -5.36. The van der Waals surface area contributed by atoms with Crippen molar-refractivity contribution >= 4 is 11.7 Å². The molecule has 9 heteroatoms. The van der Waals surface area contributed by atoms with Crippen molar-refractivity contribution in [1.29, 1.82) is 0 Å². The Hall–Kier alpha value is -2.19. The molecule has 0 aromatic heterocycles. The number of alkyl halides is 3. The standard InChI is InChI=1S/C8H3F4NO4/c9-3-1-2-4(13(16)17)6(8(10,11)12)5(3)7(14)15/h1-2H,(H,14,15). The van der Waals surface area contributed by atoms with Crippen molar-refractivity contribution in [3.05, 3.63) is 39.2 Å². The number of hydrogen-bond donors (Lipinski definition) is 1. The predicted octanol–water partition coefficient (Wildman–Crippen LogP) is 2.45. The highest BCUT2D eigenvalue weighted by Gasteiger charge is 2.44. The van der Waals surface area contributed by atoms with Gasteiger partial charge in [0.25, 0.3) is 5.69 Å². The van der Waals surface area contributed by atoms with E-state index in [1.54, 1.807) is 0 Å². The molecule has 1 aromatic carbocycles. The van der Waals surface area contributed by atoms with Crippen molar-refractivity contribution in [2.45, 2.75) is 6.18 Å². The lowest BCUT2D eigenvalue weighted by atomic mass is 10.0. The van der Waals surface area contributed by atoms with Crippen LogP contribution in [0.5, 0.6) is 0 Å². The minimum atomic E-state index is -5.34. The molecule has 0 fully saturated rings. The Labute approximate surface area is 90.4 Å². The summed E-state index contributed by atoms with van der Waals surface area (Å²) in [6, 6.07) is 0.571. The first kappa shape index (κ1) is 12.9. The summed E-state index contributed by atoms with van der Waals surface area (Å²) in [6.07, 6.45) is -5.34. The Kier molecular flexibility index (Phi) is 3.03. The number of nitro groups is 1. The molecule has 0 unspecified atom stereocenters. The maximum absolute atomic E-state index is 13.0. The number of nitrogens with zero attached hydrogens (tertiary/aromatic N) is 1. The fraction of sp³-hybridized carbons (Fsp3) is 0.125. The van der Waals surface area contributed by atoms with Gasteiger partial charge in [-0.05, 0) is 6.07 Å². The van der Waals surface area contributed by atoms with Crippen LogP contribution in [0.1, 0.15) is 15.9 Å². The fourth-order valence-corrected chi connectivity index (χ4v) is 1.21. The topological polar surface area (TPSA) is 80.4 Å². The third kappa shape index (κ3) is 2.32. The highest BCUT2D eigenvalue weighted by Crippen LogP contribution is 2.39. The number of carbonyl (C=O) groups is 1. The van der Waals surface area contributed by atoms with Gasteiger partial charge in [0.1, 0.15) is 11.4 Å². The number of carboxylic acid groups (broad SMARTS) is 1. The fourth-order valence-electron chi connectivity index (χ4n) is 1.21.